The van der Waals surface area contributed by atoms with Gasteiger partial charge in [0.05, 0.1) is 24.0 Å². The highest BCUT2D eigenvalue weighted by atomic mass is 16.5. The van der Waals surface area contributed by atoms with Gasteiger partial charge in [-0.25, -0.2) is 9.78 Å². The molecule has 2 heterocycles. The topological polar surface area (TPSA) is 139 Å². The molecule has 3 N–H and O–H groups in total. The molecular weight excluding hydrogens is 447 g/mol. The average Bonchev–Trinajstić information content (AvgIpc) is 3.23. The van der Waals surface area contributed by atoms with Gasteiger partial charge in [0, 0.05) is 26.7 Å². The van der Waals surface area contributed by atoms with Gasteiger partial charge in [0.15, 0.2) is 23.1 Å². The fraction of sp³-hybridized carbons (Fsp3) is 0.300. The van der Waals surface area contributed by atoms with Crippen LogP contribution in [0.4, 0.5) is 22.0 Å². The summed E-state index contributed by atoms with van der Waals surface area (Å²) in [5, 5.41) is 20.8. The number of para-hydroxylation sites is 1. The first kappa shape index (κ1) is 25.6. The quantitative estimate of drug-likeness (QED) is 0.344. The third kappa shape index (κ3) is 6.31. The predicted molar refractivity (Wildman–Crippen MR) is 141 cm³/mol. The molecule has 2 aromatic heterocycles. The smallest absolute Gasteiger partial charge is 0.322 e. The van der Waals surface area contributed by atoms with Crippen molar-refractivity contribution in [2.75, 3.05) is 31.3 Å². The lowest BCUT2D eigenvalue weighted by Crippen LogP contribution is -2.50. The van der Waals surface area contributed by atoms with E-state index in [0.717, 1.165) is 0 Å². The summed E-state index contributed by atoms with van der Waals surface area (Å²) in [5.74, 6) is 0.736. The molecule has 180 valence electrons. The van der Waals surface area contributed by atoms with E-state index in [9.17, 15) is 9.59 Å². The first-order valence-electron chi connectivity index (χ1n) is 11.0. The van der Waals surface area contributed by atoms with E-state index >= 15 is 0 Å². The molecule has 15 heteroatoms. The predicted octanol–water partition coefficient (Wildman–Crippen LogP) is -1.25. The lowest BCUT2D eigenvalue weighted by molar-refractivity contribution is 0.0947. The number of hydrogen-bond acceptors (Lipinski definition) is 8. The molecule has 0 spiro atoms. The molecule has 3 rings (SSSR count). The Labute approximate surface area is 206 Å². The minimum atomic E-state index is -0.491. The number of hydrogen-bond donors (Lipinski definition) is 3. The molecule has 12 nitrogen and oxygen atoms in total. The van der Waals surface area contributed by atoms with E-state index in [0.29, 0.717) is 35.1 Å². The lowest BCUT2D eigenvalue weighted by atomic mass is 9.49. The van der Waals surface area contributed by atoms with Crippen molar-refractivity contribution >= 4 is 52.7 Å². The molecular formula is C20H28B3N9O3. The van der Waals surface area contributed by atoms with Crippen molar-refractivity contribution in [3.8, 4) is 17.1 Å². The van der Waals surface area contributed by atoms with Crippen LogP contribution in [0, 0.1) is 0 Å². The van der Waals surface area contributed by atoms with Crippen molar-refractivity contribution < 1.29 is 14.3 Å². The number of amides is 3. The number of aromatic nitrogens is 5. The maximum absolute atomic E-state index is 13.0. The van der Waals surface area contributed by atoms with Gasteiger partial charge in [-0.1, -0.05) is 6.07 Å². The Morgan fingerprint density at radius 1 is 1.20 bits per heavy atom. The van der Waals surface area contributed by atoms with Crippen LogP contribution in [0.25, 0.3) is 11.4 Å². The van der Waals surface area contributed by atoms with Crippen molar-refractivity contribution in [3.63, 3.8) is 0 Å². The maximum Gasteiger partial charge on any atom is 0.322 e. The number of carbonyl (C=O) groups excluding carboxylic acids is 2. The van der Waals surface area contributed by atoms with Crippen molar-refractivity contribution in [1.29, 1.82) is 0 Å². The molecule has 1 aromatic carbocycles. The molecule has 35 heavy (non-hydrogen) atoms. The Morgan fingerprint density at radius 3 is 2.54 bits per heavy atom. The minimum Gasteiger partial charge on any atom is -0.494 e. The molecule has 0 radical (unpaired) electrons. The summed E-state index contributed by atoms with van der Waals surface area (Å²) in [4.78, 5) is 31.1. The van der Waals surface area contributed by atoms with Gasteiger partial charge in [0.2, 0.25) is 0 Å². The standard InChI is InChI=1S/C20H28B3N9O3/c1-5-31(2)19(34)26-14-9-13(15(29-28-14)18(33)27-20(21,22)23)25-12-8-6-7-11(16(12)35-4)17-24-10-32(3)30-17/h6-10H,5,21-23H2,1-4H3,(H,27,33)(H2,25,26,28,34). The molecule has 0 atom stereocenters. The van der Waals surface area contributed by atoms with Crippen molar-refractivity contribution in [1.82, 2.24) is 35.2 Å². The minimum absolute atomic E-state index is 0.0604. The Hall–Kier alpha value is -4.03. The van der Waals surface area contributed by atoms with E-state index < -0.39 is 11.1 Å². The van der Waals surface area contributed by atoms with Crippen molar-refractivity contribution in [2.45, 2.75) is 12.2 Å². The summed E-state index contributed by atoms with van der Waals surface area (Å²) < 4.78 is 7.27. The summed E-state index contributed by atoms with van der Waals surface area (Å²) >= 11 is 0. The number of nitrogens with one attached hydrogen (secondary N) is 3. The number of urea groups is 1. The van der Waals surface area contributed by atoms with Gasteiger partial charge in [-0.2, -0.15) is 5.10 Å². The van der Waals surface area contributed by atoms with E-state index in [1.54, 1.807) is 37.2 Å². The molecule has 0 aliphatic carbocycles. The SMILES string of the molecule is BC(B)(B)NC(=O)c1nnc(NC(=O)N(C)CC)cc1Nc1cccc(-c2ncn(C)n2)c1OC. The van der Waals surface area contributed by atoms with Crippen LogP contribution >= 0.6 is 0 Å². The maximum atomic E-state index is 13.0. The molecule has 0 aliphatic rings. The van der Waals surface area contributed by atoms with Crippen LogP contribution in [0.2, 0.25) is 0 Å². The molecule has 0 saturated carbocycles. The monoisotopic (exact) mass is 475 g/mol. The first-order chi connectivity index (χ1) is 16.5. The third-order valence-corrected chi connectivity index (χ3v) is 4.88. The van der Waals surface area contributed by atoms with E-state index in [1.165, 1.54) is 12.0 Å². The van der Waals surface area contributed by atoms with Crippen molar-refractivity contribution in [3.05, 3.63) is 36.3 Å². The van der Waals surface area contributed by atoms with Crippen LogP contribution < -0.4 is 20.7 Å². The number of ether oxygens (including phenoxy) is 1. The summed E-state index contributed by atoms with van der Waals surface area (Å²) in [6.45, 7) is 2.37. The zero-order valence-electron chi connectivity index (χ0n) is 21.0. The Bertz CT molecular complexity index is 1230. The van der Waals surface area contributed by atoms with Gasteiger partial charge < -0.3 is 20.3 Å². The highest BCUT2D eigenvalue weighted by Crippen LogP contribution is 2.37. The molecule has 0 aliphatic heterocycles. The van der Waals surface area contributed by atoms with Crippen molar-refractivity contribution in [2.24, 2.45) is 7.05 Å². The van der Waals surface area contributed by atoms with Crippen LogP contribution in [0.15, 0.2) is 30.6 Å². The number of benzene rings is 1. The van der Waals surface area contributed by atoms with E-state index in [2.05, 4.69) is 36.2 Å². The Kier molecular flexibility index (Phi) is 7.67. The first-order valence-corrected chi connectivity index (χ1v) is 11.0. The van der Waals surface area contributed by atoms with Gasteiger partial charge in [-0.05, 0) is 24.3 Å². The van der Waals surface area contributed by atoms with Crippen LogP contribution in [-0.2, 0) is 7.05 Å². The number of anilines is 3. The Balaban J connectivity index is 2.05. The third-order valence-electron chi connectivity index (χ3n) is 4.88. The number of aryl methyl sites for hydroxylation is 1. The van der Waals surface area contributed by atoms with Gasteiger partial charge in [-0.3, -0.25) is 14.8 Å². The zero-order valence-corrected chi connectivity index (χ0v) is 21.0. The second kappa shape index (κ2) is 10.5. The number of rotatable bonds is 8. The van der Waals surface area contributed by atoms with E-state index in [4.69, 9.17) is 4.74 Å². The number of methoxy groups -OCH3 is 1. The zero-order chi connectivity index (χ0) is 25.8. The van der Waals surface area contributed by atoms with Crippen LogP contribution in [0.1, 0.15) is 17.4 Å². The van der Waals surface area contributed by atoms with E-state index in [-0.39, 0.29) is 17.5 Å². The second-order valence-electron chi connectivity index (χ2n) is 8.89. The van der Waals surface area contributed by atoms with Gasteiger partial charge in [0.25, 0.3) is 5.91 Å². The van der Waals surface area contributed by atoms with E-state index in [1.807, 2.05) is 42.6 Å². The molecule has 0 unspecified atom stereocenters. The van der Waals surface area contributed by atoms with Gasteiger partial charge in [0.1, 0.15) is 29.9 Å². The van der Waals surface area contributed by atoms with Gasteiger partial charge in [-0.15, -0.1) is 10.2 Å². The van der Waals surface area contributed by atoms with Crippen LogP contribution in [0.3, 0.4) is 0 Å². The summed E-state index contributed by atoms with van der Waals surface area (Å²) in [5.41, 5.74) is 1.61. The summed E-state index contributed by atoms with van der Waals surface area (Å²) in [6, 6.07) is 6.65. The summed E-state index contributed by atoms with van der Waals surface area (Å²) in [7, 11) is 10.6. The van der Waals surface area contributed by atoms with Crippen LogP contribution in [0.5, 0.6) is 5.75 Å². The number of carbonyl (C=O) groups is 2. The lowest BCUT2D eigenvalue weighted by Gasteiger charge is -2.22. The highest BCUT2D eigenvalue weighted by molar-refractivity contribution is 6.60. The number of nitrogens with zero attached hydrogens (tertiary/aromatic N) is 6. The average molecular weight is 475 g/mol. The molecule has 3 aromatic rings. The largest absolute Gasteiger partial charge is 0.494 e. The summed E-state index contributed by atoms with van der Waals surface area (Å²) in [6.07, 6.45) is 1.60. The molecule has 3 amide bonds. The fourth-order valence-electron chi connectivity index (χ4n) is 3.10. The molecule has 0 fully saturated rings. The second-order valence-corrected chi connectivity index (χ2v) is 8.89. The highest BCUT2D eigenvalue weighted by Gasteiger charge is 2.23. The van der Waals surface area contributed by atoms with Crippen LogP contribution in [-0.4, -0.2) is 91.3 Å². The molecule has 0 saturated heterocycles. The van der Waals surface area contributed by atoms with Gasteiger partial charge >= 0.3 is 6.03 Å². The fourth-order valence-corrected chi connectivity index (χ4v) is 3.10. The Morgan fingerprint density at radius 2 is 1.94 bits per heavy atom. The normalized spacial score (nSPS) is 11.0. The molecule has 0 bridgehead atoms.